The molecule has 9 nitrogen and oxygen atoms in total. The first-order chi connectivity index (χ1) is 28.0. The van der Waals surface area contributed by atoms with Crippen molar-refractivity contribution < 1.29 is 42.1 Å². The molecule has 0 aliphatic carbocycles. The first-order valence-corrected chi connectivity index (χ1v) is 23.8. The molecule has 0 spiro atoms. The summed E-state index contributed by atoms with van der Waals surface area (Å²) in [6, 6.07) is 0. The topological polar surface area (TPSA) is 111 Å². The first-order valence-electron chi connectivity index (χ1n) is 22.3. The number of ether oxygens (including phenoxy) is 2. The van der Waals surface area contributed by atoms with E-state index in [4.69, 9.17) is 18.5 Å². The molecular weight excluding hydrogens is 750 g/mol. The van der Waals surface area contributed by atoms with Gasteiger partial charge in [0.15, 0.2) is 6.10 Å². The van der Waals surface area contributed by atoms with Crippen LogP contribution >= 0.6 is 7.82 Å². The summed E-state index contributed by atoms with van der Waals surface area (Å²) in [5.41, 5.74) is 0. The highest BCUT2D eigenvalue weighted by Crippen LogP contribution is 2.38. The Bertz CT molecular complexity index is 1260. The van der Waals surface area contributed by atoms with Crippen LogP contribution in [0.2, 0.25) is 0 Å². The van der Waals surface area contributed by atoms with E-state index in [1.165, 1.54) is 44.9 Å². The fourth-order valence-electron chi connectivity index (χ4n) is 5.42. The van der Waals surface area contributed by atoms with Gasteiger partial charge in [0.05, 0.1) is 27.7 Å². The van der Waals surface area contributed by atoms with Crippen LogP contribution in [0.15, 0.2) is 85.1 Å². The number of phosphoric acid groups is 1. The number of quaternary nitrogens is 1. The third-order valence-electron chi connectivity index (χ3n) is 8.90. The van der Waals surface area contributed by atoms with E-state index < -0.39 is 32.5 Å². The lowest BCUT2D eigenvalue weighted by Crippen LogP contribution is -2.37. The Morgan fingerprint density at radius 2 is 1.00 bits per heavy atom. The number of allylic oxidation sites excluding steroid dienone is 14. The Balaban J connectivity index is 4.48. The second-order valence-electron chi connectivity index (χ2n) is 15.7. The van der Waals surface area contributed by atoms with Crippen LogP contribution in [0.1, 0.15) is 155 Å². The standard InChI is InChI=1S/C48H82NO8P/c1-6-8-10-12-14-16-18-20-22-24-26-28-30-32-34-36-38-40-47(50)54-44-46(45-56-58(52,53)55-43-42-49(3,4)5)57-48(51)41-39-37-35-33-31-29-27-25-23-21-19-17-15-13-11-9-7-2/h8,10,14-17,20-23,26,28,32,34,46H,6-7,9,11-13,18-19,24-25,27,29-31,33,35-45H2,1-5H3/b10-8-,16-14-,17-15-,22-20-,23-21-,28-26-,34-32-/t46-/m1/s1. The molecule has 0 heterocycles. The normalized spacial score (nSPS) is 14.4. The molecule has 0 fully saturated rings. The molecule has 10 heteroatoms. The monoisotopic (exact) mass is 832 g/mol. The summed E-state index contributed by atoms with van der Waals surface area (Å²) in [7, 11) is 1.11. The summed E-state index contributed by atoms with van der Waals surface area (Å²) < 4.78 is 33.8. The first kappa shape index (κ1) is 55.2. The predicted octanol–water partition coefficient (Wildman–Crippen LogP) is 12.2. The highest BCUT2D eigenvalue weighted by molar-refractivity contribution is 7.45. The Labute approximate surface area is 354 Å². The molecule has 2 atom stereocenters. The molecule has 332 valence electrons. The van der Waals surface area contributed by atoms with Gasteiger partial charge in [-0.2, -0.15) is 0 Å². The summed E-state index contributed by atoms with van der Waals surface area (Å²) in [5, 5.41) is 0. The van der Waals surface area contributed by atoms with Crippen LogP contribution in [0.4, 0.5) is 0 Å². The maximum absolute atomic E-state index is 12.7. The number of hydrogen-bond acceptors (Lipinski definition) is 8. The van der Waals surface area contributed by atoms with Crippen LogP contribution < -0.4 is 4.89 Å². The molecule has 0 saturated heterocycles. The van der Waals surface area contributed by atoms with E-state index in [2.05, 4.69) is 92.8 Å². The van der Waals surface area contributed by atoms with Gasteiger partial charge in [0.1, 0.15) is 19.8 Å². The average Bonchev–Trinajstić information content (AvgIpc) is 3.17. The van der Waals surface area contributed by atoms with E-state index in [0.29, 0.717) is 23.9 Å². The molecule has 0 aromatic rings. The summed E-state index contributed by atoms with van der Waals surface area (Å²) in [5.74, 6) is -0.920. The number of esters is 2. The van der Waals surface area contributed by atoms with E-state index in [9.17, 15) is 19.0 Å². The highest BCUT2D eigenvalue weighted by Gasteiger charge is 2.21. The van der Waals surface area contributed by atoms with Crippen molar-refractivity contribution in [3.63, 3.8) is 0 Å². The lowest BCUT2D eigenvalue weighted by Gasteiger charge is -2.28. The van der Waals surface area contributed by atoms with Crippen LogP contribution in [0.25, 0.3) is 0 Å². The summed E-state index contributed by atoms with van der Waals surface area (Å²) in [4.78, 5) is 37.5. The highest BCUT2D eigenvalue weighted by atomic mass is 31.2. The van der Waals surface area contributed by atoms with Gasteiger partial charge < -0.3 is 27.9 Å². The average molecular weight is 832 g/mol. The van der Waals surface area contributed by atoms with Crippen molar-refractivity contribution in [2.45, 2.75) is 161 Å². The summed E-state index contributed by atoms with van der Waals surface area (Å²) in [6.07, 6.45) is 50.4. The Morgan fingerprint density at radius 1 is 0.552 bits per heavy atom. The molecule has 0 N–H and O–H groups in total. The van der Waals surface area contributed by atoms with Crippen LogP contribution in [-0.2, 0) is 32.7 Å². The molecule has 0 aliphatic heterocycles. The lowest BCUT2D eigenvalue weighted by molar-refractivity contribution is -0.870. The van der Waals surface area contributed by atoms with Crippen molar-refractivity contribution in [3.05, 3.63) is 85.1 Å². The quantitative estimate of drug-likeness (QED) is 0.0198. The molecule has 0 bridgehead atoms. The van der Waals surface area contributed by atoms with E-state index in [1.807, 2.05) is 27.2 Å². The van der Waals surface area contributed by atoms with Gasteiger partial charge in [0.25, 0.3) is 7.82 Å². The van der Waals surface area contributed by atoms with Crippen molar-refractivity contribution in [3.8, 4) is 0 Å². The van der Waals surface area contributed by atoms with Crippen LogP contribution in [0.5, 0.6) is 0 Å². The maximum Gasteiger partial charge on any atom is 0.306 e. The number of rotatable bonds is 39. The summed E-state index contributed by atoms with van der Waals surface area (Å²) >= 11 is 0. The number of nitrogens with zero attached hydrogens (tertiary/aromatic N) is 1. The number of likely N-dealkylation sites (N-methyl/N-ethyl adjacent to an activating group) is 1. The maximum atomic E-state index is 12.7. The number of carbonyl (C=O) groups excluding carboxylic acids is 2. The van der Waals surface area contributed by atoms with Gasteiger partial charge in [-0.25, -0.2) is 0 Å². The zero-order chi connectivity index (χ0) is 42.8. The van der Waals surface area contributed by atoms with E-state index >= 15 is 0 Å². The molecule has 0 saturated carbocycles. The van der Waals surface area contributed by atoms with E-state index in [-0.39, 0.29) is 26.1 Å². The molecule has 58 heavy (non-hydrogen) atoms. The number of phosphoric ester groups is 1. The van der Waals surface area contributed by atoms with Gasteiger partial charge in [-0.1, -0.05) is 144 Å². The van der Waals surface area contributed by atoms with E-state index in [0.717, 1.165) is 70.6 Å². The smallest absolute Gasteiger partial charge is 0.306 e. The third-order valence-corrected chi connectivity index (χ3v) is 9.86. The van der Waals surface area contributed by atoms with Gasteiger partial charge in [0.2, 0.25) is 0 Å². The van der Waals surface area contributed by atoms with Crippen molar-refractivity contribution in [2.75, 3.05) is 47.5 Å². The zero-order valence-electron chi connectivity index (χ0n) is 37.2. The van der Waals surface area contributed by atoms with Crippen molar-refractivity contribution in [1.29, 1.82) is 0 Å². The van der Waals surface area contributed by atoms with Crippen LogP contribution in [-0.4, -0.2) is 70.0 Å². The Morgan fingerprint density at radius 3 is 1.52 bits per heavy atom. The second-order valence-corrected chi connectivity index (χ2v) is 17.1. The molecule has 0 aliphatic rings. The summed E-state index contributed by atoms with van der Waals surface area (Å²) in [6.45, 7) is 3.99. The van der Waals surface area contributed by atoms with E-state index in [1.54, 1.807) is 0 Å². The fourth-order valence-corrected chi connectivity index (χ4v) is 6.15. The van der Waals surface area contributed by atoms with Crippen molar-refractivity contribution >= 4 is 19.8 Å². The molecular formula is C48H82NO8P. The molecule has 0 aromatic carbocycles. The third kappa shape index (κ3) is 42.8. The zero-order valence-corrected chi connectivity index (χ0v) is 38.1. The molecule has 0 rings (SSSR count). The minimum Gasteiger partial charge on any atom is -0.756 e. The number of carbonyl (C=O) groups is 2. The number of unbranched alkanes of at least 4 members (excludes halogenated alkanes) is 11. The van der Waals surface area contributed by atoms with Gasteiger partial charge in [-0.15, -0.1) is 0 Å². The molecule has 0 amide bonds. The van der Waals surface area contributed by atoms with Gasteiger partial charge in [-0.3, -0.25) is 14.2 Å². The van der Waals surface area contributed by atoms with Crippen molar-refractivity contribution in [1.82, 2.24) is 0 Å². The lowest BCUT2D eigenvalue weighted by atomic mass is 10.1. The number of hydrogen-bond donors (Lipinski definition) is 0. The Hall–Kier alpha value is -2.81. The molecule has 0 radical (unpaired) electrons. The van der Waals surface area contributed by atoms with Gasteiger partial charge in [0, 0.05) is 12.8 Å². The van der Waals surface area contributed by atoms with Crippen LogP contribution in [0, 0.1) is 0 Å². The largest absolute Gasteiger partial charge is 0.756 e. The minimum absolute atomic E-state index is 0.0459. The Kier molecular flexibility index (Phi) is 37.7. The predicted molar refractivity (Wildman–Crippen MR) is 240 cm³/mol. The van der Waals surface area contributed by atoms with Gasteiger partial charge >= 0.3 is 11.9 Å². The van der Waals surface area contributed by atoms with Crippen molar-refractivity contribution in [2.24, 2.45) is 0 Å². The fraction of sp³-hybridized carbons (Fsp3) is 0.667. The molecule has 1 unspecified atom stereocenters. The van der Waals surface area contributed by atoms with Gasteiger partial charge in [-0.05, 0) is 83.5 Å². The van der Waals surface area contributed by atoms with Crippen LogP contribution in [0.3, 0.4) is 0 Å². The SMILES string of the molecule is CC/C=C\C/C=C\C/C=C\C/C=C\C/C=C\CCCC(=O)OC[C@H](COP(=O)([O-])OCC[N+](C)(C)C)OC(=O)CCCCCCCCC/C=C\C/C=C\CCCCC. The molecule has 0 aromatic heterocycles. The minimum atomic E-state index is -4.65. The second kappa shape index (κ2) is 39.6.